The first-order valence-electron chi connectivity index (χ1n) is 7.96. The van der Waals surface area contributed by atoms with Crippen molar-refractivity contribution in [2.24, 2.45) is 11.8 Å². The minimum atomic E-state index is -0.376. The zero-order chi connectivity index (χ0) is 15.0. The molecule has 2 unspecified atom stereocenters. The number of hydrogen-bond acceptors (Lipinski definition) is 3. The Morgan fingerprint density at radius 2 is 2.10 bits per heavy atom. The number of nitrogens with zero attached hydrogens (tertiary/aromatic N) is 2. The molecule has 3 rings (SSSR count). The molecule has 0 bridgehead atoms. The van der Waals surface area contributed by atoms with E-state index in [-0.39, 0.29) is 29.7 Å². The Hall–Kier alpha value is -1.59. The van der Waals surface area contributed by atoms with Crippen molar-refractivity contribution < 1.29 is 14.4 Å². The van der Waals surface area contributed by atoms with Gasteiger partial charge in [0.05, 0.1) is 5.92 Å². The molecule has 0 radical (unpaired) electrons. The van der Waals surface area contributed by atoms with Crippen LogP contribution >= 0.6 is 0 Å². The molecule has 0 spiro atoms. The number of rotatable bonds is 4. The molecule has 2 saturated heterocycles. The standard InChI is InChI=1S/C15H23N3O3/c1-2-12-14(20)16-5-6-18(12)15(21)11-7-13(19)17(9-11)8-10-3-4-10/h10-12H,2-9H2,1H3,(H,16,20). The predicted molar refractivity (Wildman–Crippen MR) is 76.2 cm³/mol. The second-order valence-electron chi connectivity index (χ2n) is 6.39. The fraction of sp³-hybridized carbons (Fsp3) is 0.800. The average molecular weight is 293 g/mol. The van der Waals surface area contributed by atoms with Crippen molar-refractivity contribution in [3.63, 3.8) is 0 Å². The molecule has 1 aliphatic carbocycles. The van der Waals surface area contributed by atoms with Crippen LogP contribution in [-0.2, 0) is 14.4 Å². The SMILES string of the molecule is CCC1C(=O)NCCN1C(=O)C1CC(=O)N(CC2CC2)C1. The number of likely N-dealkylation sites (tertiary alicyclic amines) is 1. The maximum Gasteiger partial charge on any atom is 0.242 e. The monoisotopic (exact) mass is 293 g/mol. The molecule has 2 aliphatic heterocycles. The molecule has 1 saturated carbocycles. The number of piperazine rings is 1. The first-order valence-corrected chi connectivity index (χ1v) is 7.96. The molecule has 6 heteroatoms. The molecular formula is C15H23N3O3. The lowest BCUT2D eigenvalue weighted by atomic mass is 10.0. The quantitative estimate of drug-likeness (QED) is 0.792. The number of carbonyl (C=O) groups excluding carboxylic acids is 3. The van der Waals surface area contributed by atoms with Gasteiger partial charge in [-0.05, 0) is 25.2 Å². The summed E-state index contributed by atoms with van der Waals surface area (Å²) < 4.78 is 0. The fourth-order valence-electron chi connectivity index (χ4n) is 3.34. The summed E-state index contributed by atoms with van der Waals surface area (Å²) in [6.45, 7) is 4.31. The van der Waals surface area contributed by atoms with E-state index < -0.39 is 0 Å². The molecule has 1 N–H and O–H groups in total. The van der Waals surface area contributed by atoms with E-state index in [1.165, 1.54) is 12.8 Å². The third-order valence-corrected chi connectivity index (χ3v) is 4.74. The summed E-state index contributed by atoms with van der Waals surface area (Å²) in [5, 5.41) is 2.80. The van der Waals surface area contributed by atoms with Gasteiger partial charge in [-0.2, -0.15) is 0 Å². The molecule has 2 atom stereocenters. The maximum atomic E-state index is 12.7. The normalized spacial score (nSPS) is 29.8. The first kappa shape index (κ1) is 14.4. The molecule has 0 aromatic heterocycles. The molecule has 6 nitrogen and oxygen atoms in total. The van der Waals surface area contributed by atoms with Crippen molar-refractivity contribution in [2.75, 3.05) is 26.2 Å². The molecule has 0 aromatic carbocycles. The molecule has 3 amide bonds. The number of nitrogens with one attached hydrogen (secondary N) is 1. The summed E-state index contributed by atoms with van der Waals surface area (Å²) in [5.74, 6) is 0.373. The van der Waals surface area contributed by atoms with Crippen molar-refractivity contribution in [3.8, 4) is 0 Å². The summed E-state index contributed by atoms with van der Waals surface area (Å²) in [5.41, 5.74) is 0. The van der Waals surface area contributed by atoms with Gasteiger partial charge in [0.2, 0.25) is 17.7 Å². The van der Waals surface area contributed by atoms with E-state index in [2.05, 4.69) is 5.32 Å². The lowest BCUT2D eigenvalue weighted by molar-refractivity contribution is -0.146. The minimum absolute atomic E-state index is 0.0247. The van der Waals surface area contributed by atoms with E-state index in [1.807, 2.05) is 11.8 Å². The Kier molecular flexibility index (Phi) is 3.87. The molecule has 21 heavy (non-hydrogen) atoms. The third-order valence-electron chi connectivity index (χ3n) is 4.74. The topological polar surface area (TPSA) is 69.7 Å². The van der Waals surface area contributed by atoms with Crippen LogP contribution in [0.4, 0.5) is 0 Å². The number of carbonyl (C=O) groups is 3. The van der Waals surface area contributed by atoms with Crippen LogP contribution < -0.4 is 5.32 Å². The summed E-state index contributed by atoms with van der Waals surface area (Å²) in [7, 11) is 0. The Morgan fingerprint density at radius 1 is 1.33 bits per heavy atom. The van der Waals surface area contributed by atoms with Crippen LogP contribution in [0.15, 0.2) is 0 Å². The van der Waals surface area contributed by atoms with E-state index in [1.54, 1.807) is 4.90 Å². The molecule has 2 heterocycles. The fourth-order valence-corrected chi connectivity index (χ4v) is 3.34. The van der Waals surface area contributed by atoms with Crippen molar-refractivity contribution >= 4 is 17.7 Å². The molecule has 116 valence electrons. The largest absolute Gasteiger partial charge is 0.353 e. The smallest absolute Gasteiger partial charge is 0.242 e. The highest BCUT2D eigenvalue weighted by atomic mass is 16.2. The van der Waals surface area contributed by atoms with Crippen molar-refractivity contribution in [3.05, 3.63) is 0 Å². The van der Waals surface area contributed by atoms with Gasteiger partial charge >= 0.3 is 0 Å². The number of hydrogen-bond donors (Lipinski definition) is 1. The van der Waals surface area contributed by atoms with Crippen LogP contribution in [0.5, 0.6) is 0 Å². The second kappa shape index (κ2) is 5.66. The Morgan fingerprint density at radius 3 is 2.76 bits per heavy atom. The lowest BCUT2D eigenvalue weighted by Crippen LogP contribution is -2.58. The van der Waals surface area contributed by atoms with Crippen LogP contribution in [0.3, 0.4) is 0 Å². The van der Waals surface area contributed by atoms with Gasteiger partial charge in [0.1, 0.15) is 6.04 Å². The van der Waals surface area contributed by atoms with Crippen molar-refractivity contribution in [1.82, 2.24) is 15.1 Å². The van der Waals surface area contributed by atoms with Gasteiger partial charge in [-0.15, -0.1) is 0 Å². The van der Waals surface area contributed by atoms with Crippen LogP contribution in [0.2, 0.25) is 0 Å². The zero-order valence-corrected chi connectivity index (χ0v) is 12.5. The van der Waals surface area contributed by atoms with E-state index in [9.17, 15) is 14.4 Å². The van der Waals surface area contributed by atoms with Crippen LogP contribution in [-0.4, -0.2) is 59.7 Å². The van der Waals surface area contributed by atoms with Gasteiger partial charge in [0.25, 0.3) is 0 Å². The predicted octanol–water partition coefficient (Wildman–Crippen LogP) is -0.0181. The highest BCUT2D eigenvalue weighted by Crippen LogP contribution is 2.32. The van der Waals surface area contributed by atoms with Gasteiger partial charge in [-0.25, -0.2) is 0 Å². The van der Waals surface area contributed by atoms with Gasteiger partial charge in [0, 0.05) is 32.6 Å². The molecular weight excluding hydrogens is 270 g/mol. The number of amides is 3. The van der Waals surface area contributed by atoms with Crippen molar-refractivity contribution in [2.45, 2.75) is 38.6 Å². The molecule has 3 fully saturated rings. The third kappa shape index (κ3) is 2.89. The Balaban J connectivity index is 1.64. The maximum absolute atomic E-state index is 12.7. The summed E-state index contributed by atoms with van der Waals surface area (Å²) in [4.78, 5) is 40.1. The highest BCUT2D eigenvalue weighted by molar-refractivity contribution is 5.93. The van der Waals surface area contributed by atoms with Crippen molar-refractivity contribution in [1.29, 1.82) is 0 Å². The van der Waals surface area contributed by atoms with Crippen LogP contribution in [0, 0.1) is 11.8 Å². The summed E-state index contributed by atoms with van der Waals surface area (Å²) in [6, 6.07) is -0.376. The van der Waals surface area contributed by atoms with Crippen LogP contribution in [0.25, 0.3) is 0 Å². The molecule has 0 aromatic rings. The van der Waals surface area contributed by atoms with Gasteiger partial charge < -0.3 is 15.1 Å². The Bertz CT molecular complexity index is 461. The minimum Gasteiger partial charge on any atom is -0.353 e. The first-order chi connectivity index (χ1) is 10.1. The molecule has 3 aliphatic rings. The van der Waals surface area contributed by atoms with E-state index in [0.717, 1.165) is 6.54 Å². The van der Waals surface area contributed by atoms with E-state index >= 15 is 0 Å². The summed E-state index contributed by atoms with van der Waals surface area (Å²) >= 11 is 0. The second-order valence-corrected chi connectivity index (χ2v) is 6.39. The van der Waals surface area contributed by atoms with Gasteiger partial charge in [0.15, 0.2) is 0 Å². The van der Waals surface area contributed by atoms with E-state index in [0.29, 0.717) is 38.4 Å². The highest BCUT2D eigenvalue weighted by Gasteiger charge is 2.41. The zero-order valence-electron chi connectivity index (χ0n) is 12.5. The average Bonchev–Trinajstić information content (AvgIpc) is 3.21. The summed E-state index contributed by atoms with van der Waals surface area (Å²) in [6.07, 6.45) is 3.32. The van der Waals surface area contributed by atoms with E-state index in [4.69, 9.17) is 0 Å². The van der Waals surface area contributed by atoms with Crippen LogP contribution in [0.1, 0.15) is 32.6 Å². The Labute approximate surface area is 124 Å². The van der Waals surface area contributed by atoms with Gasteiger partial charge in [-0.3, -0.25) is 14.4 Å². The lowest BCUT2D eigenvalue weighted by Gasteiger charge is -2.36. The van der Waals surface area contributed by atoms with Gasteiger partial charge in [-0.1, -0.05) is 6.92 Å².